The van der Waals surface area contributed by atoms with Crippen LogP contribution in [-0.4, -0.2) is 24.2 Å². The lowest BCUT2D eigenvalue weighted by molar-refractivity contribution is 0.352. The van der Waals surface area contributed by atoms with Gasteiger partial charge in [0.1, 0.15) is 5.82 Å². The third-order valence-corrected chi connectivity index (χ3v) is 3.28. The highest BCUT2D eigenvalue weighted by molar-refractivity contribution is 5.74. The molecule has 3 aromatic rings. The van der Waals surface area contributed by atoms with Crippen molar-refractivity contribution in [3.05, 3.63) is 53.9 Å². The molecule has 0 radical (unpaired) electrons. The zero-order chi connectivity index (χ0) is 13.9. The van der Waals surface area contributed by atoms with Crippen LogP contribution in [-0.2, 0) is 6.42 Å². The van der Waals surface area contributed by atoms with Crippen LogP contribution in [0.2, 0.25) is 0 Å². The maximum Gasteiger partial charge on any atom is 0.164 e. The Balaban J connectivity index is 1.98. The molecule has 0 unspecified atom stereocenters. The molecule has 2 aromatic carbocycles. The topological polar surface area (TPSA) is 47.1 Å². The molecule has 0 fully saturated rings. The Morgan fingerprint density at radius 3 is 2.60 bits per heavy atom. The number of para-hydroxylation sites is 3. The summed E-state index contributed by atoms with van der Waals surface area (Å²) in [5.41, 5.74) is 3.07. The first-order valence-electron chi connectivity index (χ1n) is 6.45. The van der Waals surface area contributed by atoms with Gasteiger partial charge in [-0.05, 0) is 18.2 Å². The number of aromatic nitrogens is 2. The molecule has 1 N–H and O–H groups in total. The van der Waals surface area contributed by atoms with Gasteiger partial charge < -0.3 is 14.5 Å². The number of hydrogen-bond acceptors (Lipinski definition) is 3. The molecular formula is C16H16N2O2. The smallest absolute Gasteiger partial charge is 0.164 e. The van der Waals surface area contributed by atoms with Crippen molar-refractivity contribution in [1.82, 2.24) is 9.97 Å². The van der Waals surface area contributed by atoms with Crippen LogP contribution >= 0.6 is 0 Å². The van der Waals surface area contributed by atoms with Gasteiger partial charge >= 0.3 is 0 Å². The summed E-state index contributed by atoms with van der Waals surface area (Å²) in [6, 6.07) is 13.9. The fraction of sp³-hybridized carbons (Fsp3) is 0.188. The molecule has 3 rings (SSSR count). The van der Waals surface area contributed by atoms with Gasteiger partial charge in [0, 0.05) is 12.0 Å². The number of aromatic amines is 1. The highest BCUT2D eigenvalue weighted by Gasteiger charge is 2.11. The number of H-pyrrole nitrogens is 1. The van der Waals surface area contributed by atoms with Crippen LogP contribution in [0.1, 0.15) is 11.4 Å². The minimum Gasteiger partial charge on any atom is -0.493 e. The fourth-order valence-corrected chi connectivity index (χ4v) is 2.36. The standard InChI is InChI=1S/C16H16N2O2/c1-19-14-9-5-6-11(16(14)20-2)10-15-17-12-7-3-4-8-13(12)18-15/h3-9H,10H2,1-2H3,(H,17,18). The van der Waals surface area contributed by atoms with Crippen molar-refractivity contribution in [3.8, 4) is 11.5 Å². The van der Waals surface area contributed by atoms with Crippen molar-refractivity contribution in [2.45, 2.75) is 6.42 Å². The fourth-order valence-electron chi connectivity index (χ4n) is 2.36. The summed E-state index contributed by atoms with van der Waals surface area (Å²) in [5.74, 6) is 2.41. The Morgan fingerprint density at radius 2 is 1.85 bits per heavy atom. The van der Waals surface area contributed by atoms with Crippen molar-refractivity contribution < 1.29 is 9.47 Å². The molecule has 0 bridgehead atoms. The highest BCUT2D eigenvalue weighted by Crippen LogP contribution is 2.31. The van der Waals surface area contributed by atoms with Gasteiger partial charge in [-0.2, -0.15) is 0 Å². The summed E-state index contributed by atoms with van der Waals surface area (Å²) in [7, 11) is 3.29. The normalized spacial score (nSPS) is 10.7. The summed E-state index contributed by atoms with van der Waals surface area (Å²) >= 11 is 0. The number of nitrogens with one attached hydrogen (secondary N) is 1. The van der Waals surface area contributed by atoms with E-state index >= 15 is 0 Å². The number of fused-ring (bicyclic) bond motifs is 1. The molecule has 4 heteroatoms. The summed E-state index contributed by atoms with van der Waals surface area (Å²) in [4.78, 5) is 7.91. The molecule has 0 aliphatic heterocycles. The van der Waals surface area contributed by atoms with Crippen LogP contribution in [0.5, 0.6) is 11.5 Å². The molecule has 0 aliphatic carbocycles. The first-order chi connectivity index (χ1) is 9.81. The monoisotopic (exact) mass is 268 g/mol. The Morgan fingerprint density at radius 1 is 1.00 bits per heavy atom. The number of benzene rings is 2. The van der Waals surface area contributed by atoms with Crippen molar-refractivity contribution in [2.75, 3.05) is 14.2 Å². The number of hydrogen-bond donors (Lipinski definition) is 1. The Kier molecular flexibility index (Phi) is 3.29. The molecule has 0 saturated carbocycles. The highest BCUT2D eigenvalue weighted by atomic mass is 16.5. The number of methoxy groups -OCH3 is 2. The van der Waals surface area contributed by atoms with E-state index in [2.05, 4.69) is 9.97 Å². The van der Waals surface area contributed by atoms with Crippen LogP contribution < -0.4 is 9.47 Å². The second kappa shape index (κ2) is 5.25. The molecule has 20 heavy (non-hydrogen) atoms. The van der Waals surface area contributed by atoms with Crippen LogP contribution in [0.25, 0.3) is 11.0 Å². The van der Waals surface area contributed by atoms with Crippen molar-refractivity contribution in [3.63, 3.8) is 0 Å². The van der Waals surface area contributed by atoms with E-state index in [4.69, 9.17) is 9.47 Å². The van der Waals surface area contributed by atoms with E-state index in [9.17, 15) is 0 Å². The second-order valence-electron chi connectivity index (χ2n) is 4.53. The van der Waals surface area contributed by atoms with Crippen molar-refractivity contribution in [1.29, 1.82) is 0 Å². The van der Waals surface area contributed by atoms with Crippen molar-refractivity contribution in [2.24, 2.45) is 0 Å². The predicted molar refractivity (Wildman–Crippen MR) is 78.4 cm³/mol. The van der Waals surface area contributed by atoms with E-state index in [1.165, 1.54) is 0 Å². The molecule has 0 aliphatic rings. The van der Waals surface area contributed by atoms with E-state index in [1.54, 1.807) is 14.2 Å². The number of rotatable bonds is 4. The van der Waals surface area contributed by atoms with Crippen molar-refractivity contribution >= 4 is 11.0 Å². The lowest BCUT2D eigenvalue weighted by atomic mass is 10.1. The first-order valence-corrected chi connectivity index (χ1v) is 6.45. The number of ether oxygens (including phenoxy) is 2. The van der Waals surface area contributed by atoms with Gasteiger partial charge in [-0.1, -0.05) is 24.3 Å². The molecule has 0 spiro atoms. The summed E-state index contributed by atoms with van der Waals surface area (Å²) in [5, 5.41) is 0. The van der Waals surface area contributed by atoms with Crippen LogP contribution in [0, 0.1) is 0 Å². The largest absolute Gasteiger partial charge is 0.493 e. The summed E-state index contributed by atoms with van der Waals surface area (Å²) in [6.07, 6.45) is 0.676. The molecule has 1 aromatic heterocycles. The van der Waals surface area contributed by atoms with Crippen LogP contribution in [0.4, 0.5) is 0 Å². The maximum absolute atomic E-state index is 5.45. The molecule has 1 heterocycles. The number of imidazole rings is 1. The second-order valence-corrected chi connectivity index (χ2v) is 4.53. The van der Waals surface area contributed by atoms with E-state index in [0.717, 1.165) is 33.9 Å². The van der Waals surface area contributed by atoms with Gasteiger partial charge in [0.05, 0.1) is 25.3 Å². The van der Waals surface area contributed by atoms with E-state index < -0.39 is 0 Å². The van der Waals surface area contributed by atoms with E-state index in [-0.39, 0.29) is 0 Å². The van der Waals surface area contributed by atoms with Gasteiger partial charge in [0.2, 0.25) is 0 Å². The first kappa shape index (κ1) is 12.5. The number of nitrogens with zero attached hydrogens (tertiary/aromatic N) is 1. The van der Waals surface area contributed by atoms with Gasteiger partial charge in [-0.15, -0.1) is 0 Å². The lowest BCUT2D eigenvalue weighted by Crippen LogP contribution is -1.98. The Bertz CT molecular complexity index is 701. The van der Waals surface area contributed by atoms with Gasteiger partial charge in [-0.3, -0.25) is 0 Å². The lowest BCUT2D eigenvalue weighted by Gasteiger charge is -2.11. The third-order valence-electron chi connectivity index (χ3n) is 3.28. The SMILES string of the molecule is COc1cccc(Cc2nc3ccccc3[nH]2)c1OC. The van der Waals surface area contributed by atoms with Gasteiger partial charge in [0.25, 0.3) is 0 Å². The summed E-state index contributed by atoms with van der Waals surface area (Å²) < 4.78 is 10.8. The zero-order valence-electron chi connectivity index (χ0n) is 11.5. The van der Waals surface area contributed by atoms with Crippen LogP contribution in [0.15, 0.2) is 42.5 Å². The summed E-state index contributed by atoms with van der Waals surface area (Å²) in [6.45, 7) is 0. The average Bonchev–Trinajstić information content (AvgIpc) is 2.89. The molecule has 4 nitrogen and oxygen atoms in total. The minimum atomic E-state index is 0.676. The molecule has 0 amide bonds. The third kappa shape index (κ3) is 2.20. The average molecular weight is 268 g/mol. The zero-order valence-corrected chi connectivity index (χ0v) is 11.5. The van der Waals surface area contributed by atoms with Gasteiger partial charge in [-0.25, -0.2) is 4.98 Å². The molecule has 0 atom stereocenters. The molecule has 0 saturated heterocycles. The Hall–Kier alpha value is -2.49. The van der Waals surface area contributed by atoms with E-state index in [1.807, 2.05) is 42.5 Å². The quantitative estimate of drug-likeness (QED) is 0.790. The van der Waals surface area contributed by atoms with E-state index in [0.29, 0.717) is 6.42 Å². The Labute approximate surface area is 117 Å². The minimum absolute atomic E-state index is 0.676. The maximum atomic E-state index is 5.45. The molecular weight excluding hydrogens is 252 g/mol. The molecule has 102 valence electrons. The van der Waals surface area contributed by atoms with Gasteiger partial charge in [0.15, 0.2) is 11.5 Å². The van der Waals surface area contributed by atoms with Crippen LogP contribution in [0.3, 0.4) is 0 Å². The predicted octanol–water partition coefficient (Wildman–Crippen LogP) is 3.17.